The SMILES string of the molecule is CC1NC12CCN(CC(F)(F)F)CC2. The topological polar surface area (TPSA) is 25.2 Å². The fraction of sp³-hybridized carbons (Fsp3) is 1.00. The van der Waals surface area contributed by atoms with E-state index in [4.69, 9.17) is 0 Å². The number of hydrogen-bond acceptors (Lipinski definition) is 2. The van der Waals surface area contributed by atoms with Gasteiger partial charge in [0.25, 0.3) is 0 Å². The van der Waals surface area contributed by atoms with E-state index < -0.39 is 12.7 Å². The molecule has 82 valence electrons. The third kappa shape index (κ3) is 2.03. The van der Waals surface area contributed by atoms with Crippen LogP contribution in [0.25, 0.3) is 0 Å². The maximum atomic E-state index is 12.1. The molecule has 2 aliphatic rings. The Hall–Kier alpha value is -0.290. The summed E-state index contributed by atoms with van der Waals surface area (Å²) < 4.78 is 36.2. The Bertz CT molecular complexity index is 219. The first-order valence-electron chi connectivity index (χ1n) is 4.98. The van der Waals surface area contributed by atoms with Crippen LogP contribution in [-0.2, 0) is 0 Å². The molecule has 2 rings (SSSR count). The Labute approximate surface area is 81.5 Å². The molecule has 0 aromatic heterocycles. The summed E-state index contributed by atoms with van der Waals surface area (Å²) >= 11 is 0. The van der Waals surface area contributed by atoms with Gasteiger partial charge in [-0.1, -0.05) is 0 Å². The van der Waals surface area contributed by atoms with Crippen LogP contribution in [0.2, 0.25) is 0 Å². The Morgan fingerprint density at radius 2 is 1.86 bits per heavy atom. The highest BCUT2D eigenvalue weighted by molar-refractivity contribution is 5.13. The van der Waals surface area contributed by atoms with Crippen molar-refractivity contribution < 1.29 is 13.2 Å². The summed E-state index contributed by atoms with van der Waals surface area (Å²) in [6, 6.07) is 0.496. The zero-order chi connectivity index (χ0) is 10.4. The molecular formula is C9H15F3N2. The molecular weight excluding hydrogens is 193 g/mol. The first-order valence-corrected chi connectivity index (χ1v) is 4.98. The third-order valence-electron chi connectivity index (χ3n) is 3.40. The Morgan fingerprint density at radius 1 is 1.36 bits per heavy atom. The van der Waals surface area contributed by atoms with Gasteiger partial charge in [-0.2, -0.15) is 13.2 Å². The van der Waals surface area contributed by atoms with Crippen molar-refractivity contribution in [2.45, 2.75) is 37.5 Å². The number of nitrogens with one attached hydrogen (secondary N) is 1. The monoisotopic (exact) mass is 208 g/mol. The number of alkyl halides is 3. The van der Waals surface area contributed by atoms with Gasteiger partial charge in [0.1, 0.15) is 0 Å². The van der Waals surface area contributed by atoms with Gasteiger partial charge in [0, 0.05) is 24.7 Å². The highest BCUT2D eigenvalue weighted by Gasteiger charge is 2.51. The molecule has 0 bridgehead atoms. The van der Waals surface area contributed by atoms with Crippen LogP contribution >= 0.6 is 0 Å². The molecule has 2 heterocycles. The average molecular weight is 208 g/mol. The van der Waals surface area contributed by atoms with Crippen LogP contribution in [-0.4, -0.2) is 42.3 Å². The van der Waals surface area contributed by atoms with E-state index in [1.807, 2.05) is 0 Å². The maximum absolute atomic E-state index is 12.1. The number of nitrogens with zero attached hydrogens (tertiary/aromatic N) is 1. The Morgan fingerprint density at radius 3 is 2.21 bits per heavy atom. The highest BCUT2D eigenvalue weighted by atomic mass is 19.4. The van der Waals surface area contributed by atoms with Crippen molar-refractivity contribution in [2.24, 2.45) is 0 Å². The zero-order valence-electron chi connectivity index (χ0n) is 8.19. The van der Waals surface area contributed by atoms with Crippen LogP contribution in [0.4, 0.5) is 13.2 Å². The van der Waals surface area contributed by atoms with Crippen LogP contribution in [0.15, 0.2) is 0 Å². The lowest BCUT2D eigenvalue weighted by Crippen LogP contribution is -2.43. The van der Waals surface area contributed by atoms with E-state index >= 15 is 0 Å². The molecule has 1 unspecified atom stereocenters. The molecule has 2 aliphatic heterocycles. The fourth-order valence-electron chi connectivity index (χ4n) is 2.33. The molecule has 14 heavy (non-hydrogen) atoms. The van der Waals surface area contributed by atoms with Crippen molar-refractivity contribution in [1.82, 2.24) is 10.2 Å². The smallest absolute Gasteiger partial charge is 0.305 e. The van der Waals surface area contributed by atoms with E-state index in [1.54, 1.807) is 0 Å². The number of likely N-dealkylation sites (tertiary alicyclic amines) is 1. The van der Waals surface area contributed by atoms with Crippen molar-refractivity contribution in [1.29, 1.82) is 0 Å². The van der Waals surface area contributed by atoms with Crippen LogP contribution in [0.5, 0.6) is 0 Å². The summed E-state index contributed by atoms with van der Waals surface area (Å²) in [5.41, 5.74) is 0.183. The van der Waals surface area contributed by atoms with Crippen molar-refractivity contribution >= 4 is 0 Å². The van der Waals surface area contributed by atoms with Crippen LogP contribution < -0.4 is 5.32 Å². The van der Waals surface area contributed by atoms with Gasteiger partial charge in [-0.3, -0.25) is 4.90 Å². The van der Waals surface area contributed by atoms with Crippen LogP contribution in [0.1, 0.15) is 19.8 Å². The van der Waals surface area contributed by atoms with Gasteiger partial charge in [-0.15, -0.1) is 0 Å². The summed E-state index contributed by atoms with van der Waals surface area (Å²) in [6.07, 6.45) is -2.35. The minimum atomic E-state index is -4.05. The first kappa shape index (κ1) is 10.2. The van der Waals surface area contributed by atoms with Gasteiger partial charge in [-0.25, -0.2) is 0 Å². The number of piperidine rings is 1. The normalized spacial score (nSPS) is 32.1. The van der Waals surface area contributed by atoms with Crippen LogP contribution in [0, 0.1) is 0 Å². The van der Waals surface area contributed by atoms with E-state index in [9.17, 15) is 13.2 Å². The standard InChI is InChI=1S/C9H15F3N2/c1-7-8(13-7)2-4-14(5-3-8)6-9(10,11)12/h7,13H,2-6H2,1H3. The lowest BCUT2D eigenvalue weighted by atomic mass is 9.93. The second kappa shape index (κ2) is 3.10. The van der Waals surface area contributed by atoms with Crippen molar-refractivity contribution in [3.05, 3.63) is 0 Å². The third-order valence-corrected chi connectivity index (χ3v) is 3.40. The van der Waals surface area contributed by atoms with Gasteiger partial charge in [0.15, 0.2) is 0 Å². The van der Waals surface area contributed by atoms with E-state index in [1.165, 1.54) is 4.90 Å². The summed E-state index contributed by atoms with van der Waals surface area (Å²) in [4.78, 5) is 1.50. The fourth-order valence-corrected chi connectivity index (χ4v) is 2.33. The molecule has 0 aromatic rings. The average Bonchev–Trinajstić information content (AvgIpc) is 2.65. The summed E-state index contributed by atoms with van der Waals surface area (Å²) in [6.45, 7) is 2.48. The molecule has 2 saturated heterocycles. The van der Waals surface area contributed by atoms with Crippen LogP contribution in [0.3, 0.4) is 0 Å². The van der Waals surface area contributed by atoms with Crippen molar-refractivity contribution in [3.8, 4) is 0 Å². The van der Waals surface area contributed by atoms with E-state index in [0.29, 0.717) is 19.1 Å². The summed E-state index contributed by atoms with van der Waals surface area (Å²) in [5, 5.41) is 3.32. The zero-order valence-corrected chi connectivity index (χ0v) is 8.19. The van der Waals surface area contributed by atoms with Gasteiger partial charge < -0.3 is 5.32 Å². The molecule has 1 atom stereocenters. The number of hydrogen-bond donors (Lipinski definition) is 1. The molecule has 0 amide bonds. The van der Waals surface area contributed by atoms with E-state index in [-0.39, 0.29) is 5.54 Å². The maximum Gasteiger partial charge on any atom is 0.401 e. The lowest BCUT2D eigenvalue weighted by molar-refractivity contribution is -0.148. The van der Waals surface area contributed by atoms with Gasteiger partial charge >= 0.3 is 6.18 Å². The predicted molar refractivity (Wildman–Crippen MR) is 47.1 cm³/mol. The van der Waals surface area contributed by atoms with Gasteiger partial charge in [-0.05, 0) is 19.8 Å². The Balaban J connectivity index is 1.79. The van der Waals surface area contributed by atoms with Crippen molar-refractivity contribution in [2.75, 3.05) is 19.6 Å². The van der Waals surface area contributed by atoms with Crippen molar-refractivity contribution in [3.63, 3.8) is 0 Å². The first-order chi connectivity index (χ1) is 6.41. The number of rotatable bonds is 1. The molecule has 0 saturated carbocycles. The quantitative estimate of drug-likeness (QED) is 0.658. The molecule has 2 fully saturated rings. The molecule has 0 aliphatic carbocycles. The molecule has 1 spiro atoms. The van der Waals surface area contributed by atoms with E-state index in [2.05, 4.69) is 12.2 Å². The largest absolute Gasteiger partial charge is 0.401 e. The molecule has 5 heteroatoms. The highest BCUT2D eigenvalue weighted by Crippen LogP contribution is 2.37. The van der Waals surface area contributed by atoms with Gasteiger partial charge in [0.05, 0.1) is 6.54 Å². The lowest BCUT2D eigenvalue weighted by Gasteiger charge is -2.32. The molecule has 0 aromatic carbocycles. The van der Waals surface area contributed by atoms with Gasteiger partial charge in [0.2, 0.25) is 0 Å². The number of halogens is 3. The Kier molecular flexibility index (Phi) is 2.27. The second-order valence-corrected chi connectivity index (χ2v) is 4.41. The molecule has 1 N–H and O–H groups in total. The molecule has 2 nitrogen and oxygen atoms in total. The van der Waals surface area contributed by atoms with E-state index in [0.717, 1.165) is 12.8 Å². The predicted octanol–water partition coefficient (Wildman–Crippen LogP) is 1.38. The summed E-state index contributed by atoms with van der Waals surface area (Å²) in [7, 11) is 0. The minimum absolute atomic E-state index is 0.183. The second-order valence-electron chi connectivity index (χ2n) is 4.41. The molecule has 0 radical (unpaired) electrons. The summed E-state index contributed by atoms with van der Waals surface area (Å²) in [5.74, 6) is 0. The minimum Gasteiger partial charge on any atom is -0.305 e.